The third-order valence-electron chi connectivity index (χ3n) is 3.79. The minimum atomic E-state index is -0.500. The Morgan fingerprint density at radius 2 is 1.85 bits per heavy atom. The summed E-state index contributed by atoms with van der Waals surface area (Å²) >= 11 is 6.88. The highest BCUT2D eigenvalue weighted by molar-refractivity contribution is 8.18. The lowest BCUT2D eigenvalue weighted by molar-refractivity contribution is -0.127. The van der Waals surface area contributed by atoms with Crippen molar-refractivity contribution in [2.75, 3.05) is 11.9 Å². The maximum absolute atomic E-state index is 12.5. The number of para-hydroxylation sites is 1. The van der Waals surface area contributed by atoms with Gasteiger partial charge in [-0.2, -0.15) is 0 Å². The second-order valence-electron chi connectivity index (χ2n) is 5.65. The number of hydrogen-bond donors (Lipinski definition) is 1. The zero-order chi connectivity index (χ0) is 18.7. The Balaban J connectivity index is 1.72. The Hall–Kier alpha value is -2.57. The molecule has 1 heterocycles. The van der Waals surface area contributed by atoms with Crippen LogP contribution in [0.4, 0.5) is 10.5 Å². The number of hydrogen-bond acceptors (Lipinski definition) is 4. The summed E-state index contributed by atoms with van der Waals surface area (Å²) in [5.41, 5.74) is 2.19. The molecule has 0 aromatic heterocycles. The Kier molecular flexibility index (Phi) is 5.44. The normalized spacial score (nSPS) is 15.6. The highest BCUT2D eigenvalue weighted by Crippen LogP contribution is 2.33. The molecule has 0 unspecified atom stereocenters. The van der Waals surface area contributed by atoms with Crippen LogP contribution in [0.3, 0.4) is 0 Å². The summed E-state index contributed by atoms with van der Waals surface area (Å²) in [6.45, 7) is 1.53. The van der Waals surface area contributed by atoms with E-state index < -0.39 is 17.1 Å². The zero-order valence-corrected chi connectivity index (χ0v) is 15.4. The van der Waals surface area contributed by atoms with Crippen molar-refractivity contribution in [2.24, 2.45) is 0 Å². The molecule has 7 heteroatoms. The van der Waals surface area contributed by atoms with Gasteiger partial charge >= 0.3 is 0 Å². The van der Waals surface area contributed by atoms with E-state index >= 15 is 0 Å². The number of carbonyl (C=O) groups is 3. The molecule has 0 spiro atoms. The van der Waals surface area contributed by atoms with Crippen LogP contribution in [0.25, 0.3) is 6.08 Å². The van der Waals surface area contributed by atoms with Crippen LogP contribution in [-0.4, -0.2) is 28.5 Å². The van der Waals surface area contributed by atoms with Crippen molar-refractivity contribution < 1.29 is 14.4 Å². The van der Waals surface area contributed by atoms with Crippen molar-refractivity contribution in [3.8, 4) is 0 Å². The molecule has 1 saturated heterocycles. The fraction of sp³-hybridized carbons (Fsp3) is 0.105. The predicted octanol–water partition coefficient (Wildman–Crippen LogP) is 4.32. The van der Waals surface area contributed by atoms with Crippen molar-refractivity contribution in [3.05, 3.63) is 69.6 Å². The molecule has 3 rings (SSSR count). The van der Waals surface area contributed by atoms with E-state index in [1.54, 1.807) is 42.5 Å². The van der Waals surface area contributed by atoms with Gasteiger partial charge in [0.25, 0.3) is 11.1 Å². The highest BCUT2D eigenvalue weighted by atomic mass is 35.5. The van der Waals surface area contributed by atoms with Gasteiger partial charge in [0, 0.05) is 10.7 Å². The monoisotopic (exact) mass is 386 g/mol. The first-order valence-electron chi connectivity index (χ1n) is 7.81. The van der Waals surface area contributed by atoms with Crippen LogP contribution in [0.2, 0.25) is 5.02 Å². The Labute approximate surface area is 160 Å². The SMILES string of the molecule is Cc1ccccc1NC(=O)CN1C(=O)S/C(=C/c2ccccc2Cl)C1=O. The van der Waals surface area contributed by atoms with Crippen LogP contribution in [0.15, 0.2) is 53.4 Å². The van der Waals surface area contributed by atoms with Crippen LogP contribution in [-0.2, 0) is 9.59 Å². The summed E-state index contributed by atoms with van der Waals surface area (Å²) in [6.07, 6.45) is 1.56. The molecule has 0 aliphatic carbocycles. The van der Waals surface area contributed by atoms with Crippen LogP contribution < -0.4 is 5.32 Å². The molecule has 1 fully saturated rings. The first kappa shape index (κ1) is 18.2. The minimum Gasteiger partial charge on any atom is -0.324 e. The van der Waals surface area contributed by atoms with Crippen LogP contribution in [0, 0.1) is 6.92 Å². The molecule has 26 heavy (non-hydrogen) atoms. The molecule has 0 radical (unpaired) electrons. The molecule has 3 amide bonds. The van der Waals surface area contributed by atoms with Gasteiger partial charge in [-0.1, -0.05) is 48.0 Å². The molecule has 1 aliphatic heterocycles. The van der Waals surface area contributed by atoms with Crippen molar-refractivity contribution >= 4 is 52.2 Å². The number of imide groups is 1. The smallest absolute Gasteiger partial charge is 0.294 e. The van der Waals surface area contributed by atoms with Crippen molar-refractivity contribution in [1.29, 1.82) is 0 Å². The molecule has 2 aromatic carbocycles. The van der Waals surface area contributed by atoms with Gasteiger partial charge < -0.3 is 5.32 Å². The largest absolute Gasteiger partial charge is 0.324 e. The Morgan fingerprint density at radius 1 is 1.15 bits per heavy atom. The van der Waals surface area contributed by atoms with Gasteiger partial charge in [-0.25, -0.2) is 0 Å². The van der Waals surface area contributed by atoms with Gasteiger partial charge in [0.2, 0.25) is 5.91 Å². The minimum absolute atomic E-state index is 0.242. The molecule has 5 nitrogen and oxygen atoms in total. The Bertz CT molecular complexity index is 927. The van der Waals surface area contributed by atoms with Crippen LogP contribution >= 0.6 is 23.4 Å². The number of nitrogens with one attached hydrogen (secondary N) is 1. The molecule has 132 valence electrons. The van der Waals surface area contributed by atoms with Crippen molar-refractivity contribution in [2.45, 2.75) is 6.92 Å². The Morgan fingerprint density at radius 3 is 2.58 bits per heavy atom. The average Bonchev–Trinajstić information content (AvgIpc) is 2.86. The lowest BCUT2D eigenvalue weighted by Gasteiger charge is -2.13. The van der Waals surface area contributed by atoms with Gasteiger partial charge in [-0.15, -0.1) is 0 Å². The summed E-state index contributed by atoms with van der Waals surface area (Å²) in [7, 11) is 0. The predicted molar refractivity (Wildman–Crippen MR) is 104 cm³/mol. The number of carbonyl (C=O) groups excluding carboxylic acids is 3. The van der Waals surface area contributed by atoms with Gasteiger partial charge in [0.15, 0.2) is 0 Å². The number of anilines is 1. The highest BCUT2D eigenvalue weighted by Gasteiger charge is 2.36. The molecule has 0 saturated carbocycles. The second kappa shape index (κ2) is 7.76. The standard InChI is InChI=1S/C19H15ClN2O3S/c1-12-6-2-5-9-15(12)21-17(23)11-22-18(24)16(26-19(22)25)10-13-7-3-4-8-14(13)20/h2-10H,11H2,1H3,(H,21,23)/b16-10+. The number of aryl methyl sites for hydroxylation is 1. The van der Waals surface area contributed by atoms with E-state index in [0.717, 1.165) is 22.2 Å². The number of nitrogens with zero attached hydrogens (tertiary/aromatic N) is 1. The molecule has 1 N–H and O–H groups in total. The van der Waals surface area contributed by atoms with Crippen LogP contribution in [0.1, 0.15) is 11.1 Å². The summed E-state index contributed by atoms with van der Waals surface area (Å²) in [5.74, 6) is -0.930. The molecule has 2 aromatic rings. The maximum Gasteiger partial charge on any atom is 0.294 e. The van der Waals surface area contributed by atoms with Gasteiger partial charge in [0.05, 0.1) is 4.91 Å². The number of benzene rings is 2. The third-order valence-corrected chi connectivity index (χ3v) is 5.04. The van der Waals surface area contributed by atoms with Crippen molar-refractivity contribution in [3.63, 3.8) is 0 Å². The topological polar surface area (TPSA) is 66.5 Å². The fourth-order valence-electron chi connectivity index (χ4n) is 2.42. The summed E-state index contributed by atoms with van der Waals surface area (Å²) < 4.78 is 0. The van der Waals surface area contributed by atoms with Crippen LogP contribution in [0.5, 0.6) is 0 Å². The van der Waals surface area contributed by atoms with E-state index in [0.29, 0.717) is 16.3 Å². The summed E-state index contributed by atoms with van der Waals surface area (Å²) in [6, 6.07) is 14.3. The number of amides is 3. The maximum atomic E-state index is 12.5. The molecular weight excluding hydrogens is 372 g/mol. The van der Waals surface area contributed by atoms with E-state index in [4.69, 9.17) is 11.6 Å². The molecule has 1 aliphatic rings. The first-order valence-corrected chi connectivity index (χ1v) is 9.00. The fourth-order valence-corrected chi connectivity index (χ4v) is 3.44. The number of thioether (sulfide) groups is 1. The zero-order valence-electron chi connectivity index (χ0n) is 13.9. The lowest BCUT2D eigenvalue weighted by Crippen LogP contribution is -2.36. The molecule has 0 bridgehead atoms. The van der Waals surface area contributed by atoms with Gasteiger partial charge in [0.1, 0.15) is 6.54 Å². The summed E-state index contributed by atoms with van der Waals surface area (Å²) in [5, 5.41) is 2.72. The third kappa shape index (κ3) is 3.98. The van der Waals surface area contributed by atoms with Gasteiger partial charge in [-0.05, 0) is 48.0 Å². The number of halogens is 1. The quantitative estimate of drug-likeness (QED) is 0.794. The van der Waals surface area contributed by atoms with E-state index in [9.17, 15) is 14.4 Å². The van der Waals surface area contributed by atoms with E-state index in [-0.39, 0.29) is 11.4 Å². The van der Waals surface area contributed by atoms with E-state index in [1.807, 2.05) is 19.1 Å². The number of rotatable bonds is 4. The van der Waals surface area contributed by atoms with Gasteiger partial charge in [-0.3, -0.25) is 19.3 Å². The van der Waals surface area contributed by atoms with E-state index in [2.05, 4.69) is 5.32 Å². The first-order chi connectivity index (χ1) is 12.5. The lowest BCUT2D eigenvalue weighted by atomic mass is 10.2. The molecule has 0 atom stereocenters. The average molecular weight is 387 g/mol. The van der Waals surface area contributed by atoms with Crippen molar-refractivity contribution in [1.82, 2.24) is 4.90 Å². The van der Waals surface area contributed by atoms with E-state index in [1.165, 1.54) is 0 Å². The summed E-state index contributed by atoms with van der Waals surface area (Å²) in [4.78, 5) is 38.0. The second-order valence-corrected chi connectivity index (χ2v) is 7.05. The molecular formula is C19H15ClN2O3S.